The Labute approximate surface area is 137 Å². The van der Waals surface area contributed by atoms with E-state index in [0.29, 0.717) is 16.6 Å². The molecule has 0 aliphatic rings. The molecule has 2 N–H and O–H groups in total. The minimum absolute atomic E-state index is 0.0699. The molecule has 8 nitrogen and oxygen atoms in total. The Balaban J connectivity index is 1.93. The molecule has 120 valence electrons. The van der Waals surface area contributed by atoms with Gasteiger partial charge in [-0.1, -0.05) is 6.92 Å². The third-order valence-electron chi connectivity index (χ3n) is 3.30. The van der Waals surface area contributed by atoms with Crippen molar-refractivity contribution in [3.05, 3.63) is 23.9 Å². The minimum atomic E-state index is 0.0699. The van der Waals surface area contributed by atoms with Gasteiger partial charge in [0.1, 0.15) is 11.6 Å². The SMILES string of the molecule is CCCc1nsc(Nc2c(-c3ncc(O)c(C)n3)cnn2C)n1. The summed E-state index contributed by atoms with van der Waals surface area (Å²) in [6, 6.07) is 0. The first-order valence-electron chi connectivity index (χ1n) is 7.23. The van der Waals surface area contributed by atoms with Crippen molar-refractivity contribution in [2.75, 3.05) is 5.32 Å². The number of nitrogens with one attached hydrogen (secondary N) is 1. The van der Waals surface area contributed by atoms with Crippen molar-refractivity contribution >= 4 is 22.5 Å². The van der Waals surface area contributed by atoms with Crippen LogP contribution in [0.15, 0.2) is 12.4 Å². The van der Waals surface area contributed by atoms with Gasteiger partial charge in [-0.25, -0.2) is 15.0 Å². The van der Waals surface area contributed by atoms with Crippen molar-refractivity contribution in [2.45, 2.75) is 26.7 Å². The van der Waals surface area contributed by atoms with Gasteiger partial charge >= 0.3 is 0 Å². The molecule has 3 aromatic rings. The maximum atomic E-state index is 9.58. The number of hydrogen-bond acceptors (Lipinski definition) is 8. The lowest BCUT2D eigenvalue weighted by molar-refractivity contribution is 0.464. The molecule has 0 aromatic carbocycles. The van der Waals surface area contributed by atoms with Crippen LogP contribution >= 0.6 is 11.5 Å². The molecular weight excluding hydrogens is 314 g/mol. The Morgan fingerprint density at radius 2 is 2.13 bits per heavy atom. The van der Waals surface area contributed by atoms with Crippen molar-refractivity contribution in [1.82, 2.24) is 29.1 Å². The van der Waals surface area contributed by atoms with Crippen molar-refractivity contribution in [2.24, 2.45) is 7.05 Å². The van der Waals surface area contributed by atoms with E-state index >= 15 is 0 Å². The fourth-order valence-electron chi connectivity index (χ4n) is 2.07. The average Bonchev–Trinajstić information content (AvgIpc) is 3.11. The van der Waals surface area contributed by atoms with Gasteiger partial charge < -0.3 is 10.4 Å². The van der Waals surface area contributed by atoms with Gasteiger partial charge in [0.15, 0.2) is 11.6 Å². The number of anilines is 2. The first-order valence-corrected chi connectivity index (χ1v) is 8.00. The maximum Gasteiger partial charge on any atom is 0.208 e. The third-order valence-corrected chi connectivity index (χ3v) is 3.97. The van der Waals surface area contributed by atoms with Gasteiger partial charge in [0, 0.05) is 25.0 Å². The van der Waals surface area contributed by atoms with Gasteiger partial charge in [0.05, 0.1) is 23.7 Å². The summed E-state index contributed by atoms with van der Waals surface area (Å²) in [6.45, 7) is 3.82. The highest BCUT2D eigenvalue weighted by atomic mass is 32.1. The van der Waals surface area contributed by atoms with Crippen molar-refractivity contribution in [3.8, 4) is 17.1 Å². The summed E-state index contributed by atoms with van der Waals surface area (Å²) in [4.78, 5) is 12.9. The number of aryl methyl sites for hydroxylation is 3. The lowest BCUT2D eigenvalue weighted by Crippen LogP contribution is -2.01. The molecule has 0 amide bonds. The van der Waals surface area contributed by atoms with E-state index < -0.39 is 0 Å². The largest absolute Gasteiger partial charge is 0.504 e. The zero-order valence-corrected chi connectivity index (χ0v) is 13.9. The van der Waals surface area contributed by atoms with Crippen LogP contribution in [0.1, 0.15) is 24.9 Å². The summed E-state index contributed by atoms with van der Waals surface area (Å²) in [6.07, 6.45) is 4.94. The Bertz CT molecular complexity index is 826. The summed E-state index contributed by atoms with van der Waals surface area (Å²) in [5.74, 6) is 2.13. The lowest BCUT2D eigenvalue weighted by atomic mass is 10.3. The predicted molar refractivity (Wildman–Crippen MR) is 87.8 cm³/mol. The highest BCUT2D eigenvalue weighted by molar-refractivity contribution is 7.09. The molecule has 0 saturated carbocycles. The Hall–Kier alpha value is -2.55. The van der Waals surface area contributed by atoms with Gasteiger partial charge in [-0.2, -0.15) is 9.47 Å². The lowest BCUT2D eigenvalue weighted by Gasteiger charge is -2.06. The molecule has 0 saturated heterocycles. The second kappa shape index (κ2) is 6.29. The van der Waals surface area contributed by atoms with E-state index in [2.05, 4.69) is 36.7 Å². The Morgan fingerprint density at radius 1 is 1.30 bits per heavy atom. The average molecular weight is 331 g/mol. The number of hydrogen-bond donors (Lipinski definition) is 2. The molecular formula is C14H17N7OS. The summed E-state index contributed by atoms with van der Waals surface area (Å²) in [5, 5.41) is 17.8. The quantitative estimate of drug-likeness (QED) is 0.740. The highest BCUT2D eigenvalue weighted by Crippen LogP contribution is 2.29. The van der Waals surface area contributed by atoms with Crippen LogP contribution in [0, 0.1) is 6.92 Å². The van der Waals surface area contributed by atoms with Crippen LogP contribution in [0.3, 0.4) is 0 Å². The highest BCUT2D eigenvalue weighted by Gasteiger charge is 2.16. The van der Waals surface area contributed by atoms with Gasteiger partial charge in [0.2, 0.25) is 5.13 Å². The number of aromatic hydroxyl groups is 1. The zero-order valence-electron chi connectivity index (χ0n) is 13.1. The first kappa shape index (κ1) is 15.3. The van der Waals surface area contributed by atoms with Gasteiger partial charge in [-0.3, -0.25) is 4.68 Å². The molecule has 23 heavy (non-hydrogen) atoms. The first-order chi connectivity index (χ1) is 11.1. The minimum Gasteiger partial charge on any atom is -0.504 e. The molecule has 3 rings (SSSR count). The summed E-state index contributed by atoms with van der Waals surface area (Å²) < 4.78 is 6.01. The summed E-state index contributed by atoms with van der Waals surface area (Å²) >= 11 is 1.31. The fraction of sp³-hybridized carbons (Fsp3) is 0.357. The topological polar surface area (TPSA) is 102 Å². The van der Waals surface area contributed by atoms with E-state index in [4.69, 9.17) is 0 Å². The van der Waals surface area contributed by atoms with E-state index in [-0.39, 0.29) is 5.75 Å². The van der Waals surface area contributed by atoms with E-state index in [1.54, 1.807) is 17.8 Å². The molecule has 0 unspecified atom stereocenters. The monoisotopic (exact) mass is 331 g/mol. The second-order valence-electron chi connectivity index (χ2n) is 5.09. The van der Waals surface area contributed by atoms with E-state index in [0.717, 1.165) is 30.0 Å². The van der Waals surface area contributed by atoms with Crippen LogP contribution in [0.25, 0.3) is 11.4 Å². The molecule has 3 heterocycles. The molecule has 0 aliphatic heterocycles. The Kier molecular flexibility index (Phi) is 4.20. The van der Waals surface area contributed by atoms with E-state index in [1.807, 2.05) is 7.05 Å². The van der Waals surface area contributed by atoms with Crippen LogP contribution in [-0.4, -0.2) is 34.2 Å². The van der Waals surface area contributed by atoms with Crippen LogP contribution in [0.4, 0.5) is 10.9 Å². The number of nitrogens with zero attached hydrogens (tertiary/aromatic N) is 6. The smallest absolute Gasteiger partial charge is 0.208 e. The standard InChI is InChI=1S/C14H17N7OS/c1-4-5-11-18-14(23-20-11)19-13-9(6-16-21(13)3)12-15-7-10(22)8(2)17-12/h6-7,22H,4-5H2,1-3H3,(H,18,19,20). The van der Waals surface area contributed by atoms with Crippen molar-refractivity contribution < 1.29 is 5.11 Å². The number of aromatic nitrogens is 6. The Morgan fingerprint density at radius 3 is 2.87 bits per heavy atom. The molecule has 0 spiro atoms. The van der Waals surface area contributed by atoms with E-state index in [9.17, 15) is 5.11 Å². The molecule has 0 fully saturated rings. The molecule has 0 bridgehead atoms. The van der Waals surface area contributed by atoms with Crippen LogP contribution in [-0.2, 0) is 13.5 Å². The van der Waals surface area contributed by atoms with Crippen LogP contribution in [0.5, 0.6) is 5.75 Å². The van der Waals surface area contributed by atoms with E-state index in [1.165, 1.54) is 17.7 Å². The summed E-state index contributed by atoms with van der Waals surface area (Å²) in [7, 11) is 1.83. The molecule has 9 heteroatoms. The van der Waals surface area contributed by atoms with Crippen LogP contribution < -0.4 is 5.32 Å². The van der Waals surface area contributed by atoms with Gasteiger partial charge in [0.25, 0.3) is 0 Å². The normalized spacial score (nSPS) is 10.9. The maximum absolute atomic E-state index is 9.58. The molecule has 0 atom stereocenters. The zero-order chi connectivity index (χ0) is 16.4. The summed E-state index contributed by atoms with van der Waals surface area (Å²) in [5.41, 5.74) is 1.26. The predicted octanol–water partition coefficient (Wildman–Crippen LogP) is 2.44. The number of rotatable bonds is 5. The second-order valence-corrected chi connectivity index (χ2v) is 5.84. The van der Waals surface area contributed by atoms with Crippen LogP contribution in [0.2, 0.25) is 0 Å². The molecule has 0 radical (unpaired) electrons. The third kappa shape index (κ3) is 3.14. The van der Waals surface area contributed by atoms with Gasteiger partial charge in [-0.15, -0.1) is 0 Å². The van der Waals surface area contributed by atoms with Crippen molar-refractivity contribution in [3.63, 3.8) is 0 Å². The fourth-order valence-corrected chi connectivity index (χ4v) is 2.68. The van der Waals surface area contributed by atoms with Gasteiger partial charge in [-0.05, 0) is 13.3 Å². The molecule has 3 aromatic heterocycles. The molecule has 0 aliphatic carbocycles. The van der Waals surface area contributed by atoms with Crippen molar-refractivity contribution in [1.29, 1.82) is 0 Å².